The molecule has 1 aromatic heterocycles. The van der Waals surface area contributed by atoms with Gasteiger partial charge in [-0.3, -0.25) is 9.69 Å². The number of methoxy groups -OCH3 is 1. The van der Waals surface area contributed by atoms with E-state index >= 15 is 0 Å². The highest BCUT2D eigenvalue weighted by Crippen LogP contribution is 2.28. The van der Waals surface area contributed by atoms with E-state index in [2.05, 4.69) is 44.5 Å². The van der Waals surface area contributed by atoms with Gasteiger partial charge in [-0.25, -0.2) is 0 Å². The zero-order valence-corrected chi connectivity index (χ0v) is 27.2. The molecule has 0 saturated carbocycles. The number of carbonyl (C=O) groups is 1. The number of aryl methyl sites for hydroxylation is 1. The molecule has 6 heteroatoms. The lowest BCUT2D eigenvalue weighted by Gasteiger charge is -2.27. The monoisotopic (exact) mass is 592 g/mol. The zero-order chi connectivity index (χ0) is 29.3. The summed E-state index contributed by atoms with van der Waals surface area (Å²) < 4.78 is 13.3. The first-order valence-corrected chi connectivity index (χ1v) is 14.9. The second-order valence-corrected chi connectivity index (χ2v) is 8.51. The van der Waals surface area contributed by atoms with Crippen LogP contribution in [0.4, 0.5) is 0 Å². The topological polar surface area (TPSA) is 43.7 Å². The quantitative estimate of drug-likeness (QED) is 0.106. The summed E-state index contributed by atoms with van der Waals surface area (Å²) in [5.41, 5.74) is 4.28. The smallest absolute Gasteiger partial charge is 0.149 e. The molecular weight excluding hydrogens is 540 g/mol. The Labute approximate surface area is 241 Å². The second kappa shape index (κ2) is 25.1. The normalized spacial score (nSPS) is 13.7. The van der Waals surface area contributed by atoms with Crippen LogP contribution in [0.25, 0.3) is 10.9 Å². The number of morpholine rings is 1. The Morgan fingerprint density at radius 2 is 1.66 bits per heavy atom. The maximum absolute atomic E-state index is 10.3. The van der Waals surface area contributed by atoms with Crippen molar-refractivity contribution in [2.75, 3.05) is 45.3 Å². The molecular formula is C32H53BrN2O3. The van der Waals surface area contributed by atoms with Gasteiger partial charge in [-0.05, 0) is 52.3 Å². The maximum Gasteiger partial charge on any atom is 0.149 e. The number of aldehydes is 1. The van der Waals surface area contributed by atoms with Crippen molar-refractivity contribution in [2.24, 2.45) is 0 Å². The highest BCUT2D eigenvalue weighted by Gasteiger charge is 2.13. The molecule has 2 aromatic rings. The minimum absolute atomic E-state index is 0.763. The molecule has 2 heterocycles. The van der Waals surface area contributed by atoms with Gasteiger partial charge in [-0.15, -0.1) is 0 Å². The molecule has 5 nitrogen and oxygen atoms in total. The van der Waals surface area contributed by atoms with E-state index in [9.17, 15) is 4.79 Å². The lowest BCUT2D eigenvalue weighted by Crippen LogP contribution is -2.38. The molecule has 0 amide bonds. The van der Waals surface area contributed by atoms with E-state index in [0.29, 0.717) is 0 Å². The van der Waals surface area contributed by atoms with Crippen molar-refractivity contribution in [3.63, 3.8) is 0 Å². The van der Waals surface area contributed by atoms with Gasteiger partial charge in [0.05, 0.1) is 25.8 Å². The number of halogens is 1. The number of rotatable bonds is 7. The van der Waals surface area contributed by atoms with Crippen molar-refractivity contribution in [2.45, 2.75) is 68.9 Å². The SMILES string of the molecule is C/C=C(C=O)\C(C)=C/CBr.C/C=C\C.CC.CC.COc1cccc2cc(C)n(CCN3CCOCC3)c12. The molecule has 1 aromatic carbocycles. The summed E-state index contributed by atoms with van der Waals surface area (Å²) in [6.07, 6.45) is 8.64. The number of para-hydroxylation sites is 1. The van der Waals surface area contributed by atoms with E-state index in [4.69, 9.17) is 9.47 Å². The summed E-state index contributed by atoms with van der Waals surface area (Å²) in [4.78, 5) is 12.8. The van der Waals surface area contributed by atoms with Crippen molar-refractivity contribution in [3.05, 3.63) is 65.4 Å². The fourth-order valence-electron chi connectivity index (χ4n) is 3.57. The highest BCUT2D eigenvalue weighted by molar-refractivity contribution is 9.09. The molecule has 1 fully saturated rings. The summed E-state index contributed by atoms with van der Waals surface area (Å²) in [6, 6.07) is 8.47. The van der Waals surface area contributed by atoms with Gasteiger partial charge in [0.25, 0.3) is 0 Å². The van der Waals surface area contributed by atoms with Crippen LogP contribution in [0.2, 0.25) is 0 Å². The van der Waals surface area contributed by atoms with Crippen LogP contribution in [0.5, 0.6) is 5.75 Å². The number of carbonyl (C=O) groups excluding carboxylic acids is 1. The molecule has 0 bridgehead atoms. The molecule has 1 aliphatic rings. The van der Waals surface area contributed by atoms with Crippen LogP contribution in [0.1, 0.15) is 61.1 Å². The Kier molecular flexibility index (Phi) is 25.1. The first-order valence-electron chi connectivity index (χ1n) is 13.8. The summed E-state index contributed by atoms with van der Waals surface area (Å²) in [5, 5.41) is 2.05. The molecule has 216 valence electrons. The van der Waals surface area contributed by atoms with Crippen LogP contribution in [0.3, 0.4) is 0 Å². The van der Waals surface area contributed by atoms with Gasteiger partial charge < -0.3 is 14.0 Å². The predicted octanol–water partition coefficient (Wildman–Crippen LogP) is 8.40. The van der Waals surface area contributed by atoms with Gasteiger partial charge in [-0.2, -0.15) is 0 Å². The lowest BCUT2D eigenvalue weighted by molar-refractivity contribution is -0.104. The van der Waals surface area contributed by atoms with Crippen LogP contribution >= 0.6 is 15.9 Å². The number of fused-ring (bicyclic) bond motifs is 1. The molecule has 0 atom stereocenters. The first kappa shape index (κ1) is 38.0. The van der Waals surface area contributed by atoms with E-state index in [1.165, 1.54) is 16.6 Å². The number of nitrogens with zero attached hydrogens (tertiary/aromatic N) is 2. The van der Waals surface area contributed by atoms with Crippen molar-refractivity contribution in [1.29, 1.82) is 0 Å². The van der Waals surface area contributed by atoms with Gasteiger partial charge in [-0.1, -0.05) is 80.1 Å². The first-order chi connectivity index (χ1) is 18.5. The summed E-state index contributed by atoms with van der Waals surface area (Å²) in [6.45, 7) is 23.8. The molecule has 1 saturated heterocycles. The van der Waals surface area contributed by atoms with E-state index in [1.54, 1.807) is 7.11 Å². The molecule has 0 unspecified atom stereocenters. The van der Waals surface area contributed by atoms with E-state index in [-0.39, 0.29) is 0 Å². The Bertz CT molecular complexity index is 951. The van der Waals surface area contributed by atoms with Crippen LogP contribution in [-0.2, 0) is 16.1 Å². The van der Waals surface area contributed by atoms with Gasteiger partial charge in [0.2, 0.25) is 0 Å². The molecule has 0 spiro atoms. The molecule has 0 aliphatic carbocycles. The summed E-state index contributed by atoms with van der Waals surface area (Å²) >= 11 is 3.26. The summed E-state index contributed by atoms with van der Waals surface area (Å²) in [7, 11) is 1.74. The van der Waals surface area contributed by atoms with E-state index in [0.717, 1.165) is 67.9 Å². The minimum atomic E-state index is 0.763. The van der Waals surface area contributed by atoms with Crippen LogP contribution in [0.15, 0.2) is 59.7 Å². The third-order valence-electron chi connectivity index (χ3n) is 5.66. The molecule has 1 aliphatic heterocycles. The number of hydrogen-bond acceptors (Lipinski definition) is 4. The fraction of sp³-hybridized carbons (Fsp3) is 0.531. The number of hydrogen-bond donors (Lipinski definition) is 0. The highest BCUT2D eigenvalue weighted by atomic mass is 79.9. The van der Waals surface area contributed by atoms with Gasteiger partial charge in [0.15, 0.2) is 0 Å². The zero-order valence-electron chi connectivity index (χ0n) is 25.6. The average molecular weight is 594 g/mol. The minimum Gasteiger partial charge on any atom is -0.495 e. The van der Waals surface area contributed by atoms with Crippen molar-refractivity contribution < 1.29 is 14.3 Å². The predicted molar refractivity (Wildman–Crippen MR) is 171 cm³/mol. The van der Waals surface area contributed by atoms with Crippen molar-refractivity contribution in [1.82, 2.24) is 9.47 Å². The Morgan fingerprint density at radius 3 is 2.13 bits per heavy atom. The van der Waals surface area contributed by atoms with Crippen molar-refractivity contribution >= 4 is 33.1 Å². The fourth-order valence-corrected chi connectivity index (χ4v) is 4.05. The van der Waals surface area contributed by atoms with Crippen LogP contribution < -0.4 is 4.74 Å². The Hall–Kier alpha value is -2.15. The number of alkyl halides is 1. The Balaban J connectivity index is 0. The third kappa shape index (κ3) is 14.1. The summed E-state index contributed by atoms with van der Waals surface area (Å²) in [5.74, 6) is 0.956. The second-order valence-electron chi connectivity index (χ2n) is 7.86. The lowest BCUT2D eigenvalue weighted by atomic mass is 10.1. The maximum atomic E-state index is 10.3. The van der Waals surface area contributed by atoms with Crippen LogP contribution in [0, 0.1) is 6.92 Å². The number of benzene rings is 1. The van der Waals surface area contributed by atoms with Gasteiger partial charge in [0, 0.05) is 48.2 Å². The number of aromatic nitrogens is 1. The van der Waals surface area contributed by atoms with E-state index < -0.39 is 0 Å². The number of allylic oxidation sites excluding steroid dienone is 6. The molecule has 38 heavy (non-hydrogen) atoms. The molecule has 0 N–H and O–H groups in total. The van der Waals surface area contributed by atoms with Gasteiger partial charge in [0.1, 0.15) is 12.0 Å². The third-order valence-corrected chi connectivity index (χ3v) is 5.99. The van der Waals surface area contributed by atoms with E-state index in [1.807, 2.05) is 91.8 Å². The molecule has 3 rings (SSSR count). The average Bonchev–Trinajstić information content (AvgIpc) is 3.30. The van der Waals surface area contributed by atoms with Gasteiger partial charge >= 0.3 is 0 Å². The largest absolute Gasteiger partial charge is 0.495 e. The molecule has 0 radical (unpaired) electrons. The number of ether oxygens (including phenoxy) is 2. The Morgan fingerprint density at radius 1 is 1.05 bits per heavy atom. The standard InChI is InChI=1S/C16H22N2O2.C8H11BrO.C4H8.2C2H6/c1-13-12-14-4-3-5-15(19-2)16(14)18(13)7-6-17-8-10-20-11-9-17;1-3-8(6-10)7(2)4-5-9;1-3-4-2;2*1-2/h3-5,12H,6-11H2,1-2H3;3-4,6H,5H2,1-2H3;3-4H,1-2H3;2*1-2H3/b;7-4-,8-3-;4-3-;;. The van der Waals surface area contributed by atoms with Crippen molar-refractivity contribution in [3.8, 4) is 5.75 Å². The van der Waals surface area contributed by atoms with Crippen LogP contribution in [-0.4, -0.2) is 61.0 Å².